The van der Waals surface area contributed by atoms with E-state index < -0.39 is 5.60 Å². The van der Waals surface area contributed by atoms with Gasteiger partial charge < -0.3 is 19.3 Å². The van der Waals surface area contributed by atoms with Crippen LogP contribution in [0.15, 0.2) is 24.3 Å². The molecule has 7 heteroatoms. The number of fused-ring (bicyclic) bond motifs is 1. The number of hydrogen-bond donors (Lipinski definition) is 0. The van der Waals surface area contributed by atoms with Crippen LogP contribution in [0.2, 0.25) is 0 Å². The third kappa shape index (κ3) is 6.36. The van der Waals surface area contributed by atoms with Crippen molar-refractivity contribution in [3.05, 3.63) is 35.4 Å². The number of carbonyl (C=O) groups is 3. The molecule has 1 aliphatic carbocycles. The maximum absolute atomic E-state index is 13.0. The largest absolute Gasteiger partial charge is 0.453 e. The average molecular weight is 483 g/mol. The number of nitrogens with zero attached hydrogens (tertiary/aromatic N) is 2. The van der Waals surface area contributed by atoms with Crippen molar-refractivity contribution in [3.63, 3.8) is 0 Å². The Labute approximate surface area is 209 Å². The molecule has 2 amide bonds. The van der Waals surface area contributed by atoms with Crippen LogP contribution >= 0.6 is 0 Å². The number of aryl methyl sites for hydroxylation is 1. The smallest absolute Gasteiger partial charge is 0.409 e. The first kappa shape index (κ1) is 26.6. The third-order valence-electron chi connectivity index (χ3n) is 7.22. The predicted octanol–water partition coefficient (Wildman–Crippen LogP) is 4.31. The van der Waals surface area contributed by atoms with Crippen LogP contribution < -0.4 is 0 Å². The van der Waals surface area contributed by atoms with Crippen LogP contribution in [0.3, 0.4) is 0 Å². The summed E-state index contributed by atoms with van der Waals surface area (Å²) in [5, 5.41) is 0. The SMILES string of the molecule is CCN(CC)C(=O)CCCC(=O)O[C@@]1(C#Cc2cccc(C)c2)CCC[C@@H]2[C@H]1CCN2C(=O)OC. The first-order chi connectivity index (χ1) is 16.8. The van der Waals surface area contributed by atoms with Crippen molar-refractivity contribution in [1.29, 1.82) is 0 Å². The van der Waals surface area contributed by atoms with E-state index in [4.69, 9.17) is 9.47 Å². The molecular weight excluding hydrogens is 444 g/mol. The minimum atomic E-state index is -0.963. The number of amides is 2. The molecule has 0 bridgehead atoms. The Morgan fingerprint density at radius 3 is 2.63 bits per heavy atom. The molecule has 1 aliphatic heterocycles. The van der Waals surface area contributed by atoms with Crippen molar-refractivity contribution < 1.29 is 23.9 Å². The number of carbonyl (C=O) groups excluding carboxylic acids is 3. The molecule has 1 saturated carbocycles. The van der Waals surface area contributed by atoms with E-state index >= 15 is 0 Å². The van der Waals surface area contributed by atoms with Gasteiger partial charge in [-0.1, -0.05) is 18.1 Å². The molecule has 2 aliphatic rings. The molecule has 1 saturated heterocycles. The Hall–Kier alpha value is -3.01. The molecule has 0 aromatic heterocycles. The van der Waals surface area contributed by atoms with Crippen molar-refractivity contribution in [2.45, 2.75) is 77.4 Å². The van der Waals surface area contributed by atoms with Crippen molar-refractivity contribution in [1.82, 2.24) is 9.80 Å². The standard InChI is InChI=1S/C28H38N2O5/c1-5-29(6-2)25(31)13-8-14-26(32)35-28(18-15-22-11-7-10-21(3)20-22)17-9-12-24-23(28)16-19-30(24)27(33)34-4/h7,10-11,20,23-24H,5-6,8-9,12-14,16-17,19H2,1-4H3/t23-,24-,28-/m1/s1. The predicted molar refractivity (Wildman–Crippen MR) is 134 cm³/mol. The molecule has 0 N–H and O–H groups in total. The highest BCUT2D eigenvalue weighted by atomic mass is 16.6. The van der Waals surface area contributed by atoms with E-state index in [2.05, 4.69) is 11.8 Å². The van der Waals surface area contributed by atoms with Gasteiger partial charge in [0.15, 0.2) is 5.60 Å². The lowest BCUT2D eigenvalue weighted by atomic mass is 9.72. The van der Waals surface area contributed by atoms with Gasteiger partial charge in [-0.25, -0.2) is 4.79 Å². The van der Waals surface area contributed by atoms with Gasteiger partial charge in [0.2, 0.25) is 5.91 Å². The molecule has 1 heterocycles. The summed E-state index contributed by atoms with van der Waals surface area (Å²) in [5.74, 6) is 6.24. The number of likely N-dealkylation sites (tertiary alicyclic amines) is 1. The first-order valence-corrected chi connectivity index (χ1v) is 12.8. The lowest BCUT2D eigenvalue weighted by Gasteiger charge is -2.42. The lowest BCUT2D eigenvalue weighted by molar-refractivity contribution is -0.163. The fourth-order valence-corrected chi connectivity index (χ4v) is 5.44. The van der Waals surface area contributed by atoms with Crippen LogP contribution in [0, 0.1) is 24.7 Å². The molecule has 0 radical (unpaired) electrons. The zero-order valence-electron chi connectivity index (χ0n) is 21.5. The number of esters is 1. The highest BCUT2D eigenvalue weighted by Gasteiger charge is 2.53. The fourth-order valence-electron chi connectivity index (χ4n) is 5.44. The summed E-state index contributed by atoms with van der Waals surface area (Å²) in [6.07, 6.45) is 3.55. The Kier molecular flexibility index (Phi) is 9.20. The molecular formula is C28H38N2O5. The van der Waals surface area contributed by atoms with Gasteiger partial charge in [0.1, 0.15) is 0 Å². The van der Waals surface area contributed by atoms with E-state index in [1.807, 2.05) is 45.0 Å². The minimum Gasteiger partial charge on any atom is -0.453 e. The number of methoxy groups -OCH3 is 1. The van der Waals surface area contributed by atoms with Gasteiger partial charge in [0, 0.05) is 50.0 Å². The average Bonchev–Trinajstić information content (AvgIpc) is 3.29. The van der Waals surface area contributed by atoms with E-state index in [1.165, 1.54) is 7.11 Å². The zero-order valence-corrected chi connectivity index (χ0v) is 21.5. The summed E-state index contributed by atoms with van der Waals surface area (Å²) >= 11 is 0. The highest BCUT2D eigenvalue weighted by Crippen LogP contribution is 2.45. The summed E-state index contributed by atoms with van der Waals surface area (Å²) < 4.78 is 11.2. The van der Waals surface area contributed by atoms with Crippen molar-refractivity contribution in [2.24, 2.45) is 5.92 Å². The highest BCUT2D eigenvalue weighted by molar-refractivity contribution is 5.77. The zero-order chi connectivity index (χ0) is 25.4. The summed E-state index contributed by atoms with van der Waals surface area (Å²) in [5.41, 5.74) is 1.02. The molecule has 0 unspecified atom stereocenters. The van der Waals surface area contributed by atoms with Gasteiger partial charge in [0.05, 0.1) is 7.11 Å². The fraction of sp³-hybridized carbons (Fsp3) is 0.607. The molecule has 7 nitrogen and oxygen atoms in total. The summed E-state index contributed by atoms with van der Waals surface area (Å²) in [7, 11) is 1.39. The van der Waals surface area contributed by atoms with Crippen LogP contribution in [0.4, 0.5) is 4.79 Å². The molecule has 3 rings (SSSR count). The first-order valence-electron chi connectivity index (χ1n) is 12.8. The molecule has 190 valence electrons. The second kappa shape index (κ2) is 12.1. The van der Waals surface area contributed by atoms with Crippen LogP contribution in [-0.4, -0.2) is 66.2 Å². The van der Waals surface area contributed by atoms with Gasteiger partial charge in [-0.2, -0.15) is 0 Å². The molecule has 3 atom stereocenters. The normalized spacial score (nSPS) is 23.0. The van der Waals surface area contributed by atoms with Crippen LogP contribution in [0.5, 0.6) is 0 Å². The lowest BCUT2D eigenvalue weighted by Crippen LogP contribution is -2.51. The van der Waals surface area contributed by atoms with E-state index in [-0.39, 0.29) is 36.4 Å². The van der Waals surface area contributed by atoms with Crippen molar-refractivity contribution in [3.8, 4) is 11.8 Å². The van der Waals surface area contributed by atoms with Crippen LogP contribution in [0.1, 0.15) is 69.9 Å². The van der Waals surface area contributed by atoms with E-state index in [9.17, 15) is 14.4 Å². The van der Waals surface area contributed by atoms with Crippen LogP contribution in [0.25, 0.3) is 0 Å². The van der Waals surface area contributed by atoms with E-state index in [0.29, 0.717) is 45.3 Å². The van der Waals surface area contributed by atoms with Crippen molar-refractivity contribution in [2.75, 3.05) is 26.7 Å². The molecule has 2 fully saturated rings. The van der Waals surface area contributed by atoms with Gasteiger partial charge in [-0.3, -0.25) is 9.59 Å². The molecule has 1 aromatic rings. The maximum Gasteiger partial charge on any atom is 0.409 e. The van der Waals surface area contributed by atoms with Crippen molar-refractivity contribution >= 4 is 18.0 Å². The summed E-state index contributed by atoms with van der Waals surface area (Å²) in [6.45, 7) is 7.80. The number of rotatable bonds is 7. The topological polar surface area (TPSA) is 76.2 Å². The van der Waals surface area contributed by atoms with Gasteiger partial charge >= 0.3 is 12.1 Å². The Morgan fingerprint density at radius 1 is 1.17 bits per heavy atom. The number of ether oxygens (including phenoxy) is 2. The van der Waals surface area contributed by atoms with Gasteiger partial charge in [0.25, 0.3) is 0 Å². The third-order valence-corrected chi connectivity index (χ3v) is 7.22. The second-order valence-electron chi connectivity index (χ2n) is 9.42. The Balaban J connectivity index is 1.79. The second-order valence-corrected chi connectivity index (χ2v) is 9.42. The van der Waals surface area contributed by atoms with Crippen LogP contribution in [-0.2, 0) is 19.1 Å². The minimum absolute atomic E-state index is 0.0546. The maximum atomic E-state index is 13.0. The number of hydrogen-bond acceptors (Lipinski definition) is 5. The summed E-state index contributed by atoms with van der Waals surface area (Å²) in [6, 6.07) is 7.87. The Morgan fingerprint density at radius 2 is 1.94 bits per heavy atom. The molecule has 35 heavy (non-hydrogen) atoms. The van der Waals surface area contributed by atoms with E-state index in [1.54, 1.807) is 9.80 Å². The van der Waals surface area contributed by atoms with Gasteiger partial charge in [-0.15, -0.1) is 0 Å². The Bertz CT molecular complexity index is 977. The number of benzene rings is 1. The van der Waals surface area contributed by atoms with E-state index in [0.717, 1.165) is 24.0 Å². The summed E-state index contributed by atoms with van der Waals surface area (Å²) in [4.78, 5) is 41.2. The quantitative estimate of drug-likeness (QED) is 0.428. The van der Waals surface area contributed by atoms with Gasteiger partial charge in [-0.05, 0) is 76.5 Å². The monoisotopic (exact) mass is 482 g/mol. The molecule has 0 spiro atoms. The molecule has 1 aromatic carbocycles.